The summed E-state index contributed by atoms with van der Waals surface area (Å²) in [6.07, 6.45) is 3.99. The lowest BCUT2D eigenvalue weighted by Crippen LogP contribution is -2.19. The molecule has 1 aliphatic carbocycles. The molecule has 9 heteroatoms. The summed E-state index contributed by atoms with van der Waals surface area (Å²) in [6.45, 7) is 0. The standard InChI is InChI=1S/C84H50N4O5/c1-7-25-68-57(19-1)58-20-2-8-26-69(58)87(68)51-17-13-15-49(43-51)85(53-31-35-63-61-23-5-11-29-72(61)89-77(63)45-53)55-33-37-65-79(47-55)91-74-41-42-75-82(81(65)74)67-39-40-76-83(84(67)93-75)66-38-34-56(48-80(66)92-76)86(54-32-36-64-62-24-6-12-30-73(62)90-78(64)46-54)50-16-14-18-52(44-50)88-70-27-9-3-21-59(70)60-22-4-10-28-71(60)88/h1-48,75,82H. The highest BCUT2D eigenvalue weighted by atomic mass is 16.5. The SMILES string of the molecule is C1=CC2Oc3c(ccc4oc5cc(N(c6cccc(-n7c8ccccc8c8ccccc87)c6)c6ccc7c(c6)oc6ccccc67)ccc5c34)C2c2c1oc1cc(N(c3cccc(-n4c5ccccc5c5ccccc54)c3)c3ccc4c(c3)oc3ccccc34)ccc21. The second-order valence-corrected chi connectivity index (χ2v) is 24.6. The van der Waals surface area contributed by atoms with E-state index in [2.05, 4.69) is 286 Å². The molecular weight excluding hydrogens is 1140 g/mol. The van der Waals surface area contributed by atoms with Crippen molar-refractivity contribution < 1.29 is 22.4 Å². The fourth-order valence-corrected chi connectivity index (χ4v) is 15.6. The molecule has 0 saturated carbocycles. The summed E-state index contributed by atoms with van der Waals surface area (Å²) in [6, 6.07) is 99.3. The Labute approximate surface area is 530 Å². The minimum Gasteiger partial charge on any atom is -0.484 e. The number of hydrogen-bond acceptors (Lipinski definition) is 7. The Hall–Kier alpha value is -12.5. The van der Waals surface area contributed by atoms with Crippen LogP contribution in [0.25, 0.3) is 138 Å². The van der Waals surface area contributed by atoms with Gasteiger partial charge in [0, 0.05) is 135 Å². The Balaban J connectivity index is 0.679. The van der Waals surface area contributed by atoms with Crippen molar-refractivity contribution in [2.24, 2.45) is 0 Å². The predicted molar refractivity (Wildman–Crippen MR) is 378 cm³/mol. The van der Waals surface area contributed by atoms with Crippen molar-refractivity contribution >= 4 is 161 Å². The van der Waals surface area contributed by atoms with Crippen LogP contribution in [0.2, 0.25) is 0 Å². The minimum absolute atomic E-state index is 0.124. The molecule has 0 bridgehead atoms. The molecule has 436 valence electrons. The third-order valence-electron chi connectivity index (χ3n) is 19.6. The Bertz CT molecular complexity index is 6320. The van der Waals surface area contributed by atoms with E-state index in [1.165, 1.54) is 21.5 Å². The molecule has 1 aliphatic heterocycles. The zero-order chi connectivity index (χ0) is 60.6. The molecule has 2 unspecified atom stereocenters. The fraction of sp³-hybridized carbons (Fsp3) is 0.0238. The Morgan fingerprint density at radius 2 is 0.688 bits per heavy atom. The van der Waals surface area contributed by atoms with E-state index in [-0.39, 0.29) is 12.0 Å². The lowest BCUT2D eigenvalue weighted by Gasteiger charge is -2.26. The van der Waals surface area contributed by atoms with Crippen molar-refractivity contribution in [1.82, 2.24) is 9.13 Å². The van der Waals surface area contributed by atoms with E-state index in [1.54, 1.807) is 0 Å². The van der Waals surface area contributed by atoms with Crippen LogP contribution in [0.1, 0.15) is 22.8 Å². The number of anilines is 6. The van der Waals surface area contributed by atoms with Gasteiger partial charge in [0.2, 0.25) is 0 Å². The van der Waals surface area contributed by atoms with Crippen LogP contribution < -0.4 is 14.5 Å². The minimum atomic E-state index is -0.260. The Kier molecular flexibility index (Phi) is 10.3. The number of fused-ring (bicyclic) bond motifs is 23. The first-order valence-corrected chi connectivity index (χ1v) is 31.6. The molecule has 19 aromatic rings. The third kappa shape index (κ3) is 7.32. The van der Waals surface area contributed by atoms with E-state index in [4.69, 9.17) is 22.4 Å². The van der Waals surface area contributed by atoms with Crippen LogP contribution in [0.15, 0.2) is 303 Å². The van der Waals surface area contributed by atoms with Gasteiger partial charge in [-0.15, -0.1) is 0 Å². The Morgan fingerprint density at radius 1 is 0.290 bits per heavy atom. The van der Waals surface area contributed by atoms with Gasteiger partial charge in [0.15, 0.2) is 0 Å². The van der Waals surface area contributed by atoms with Crippen LogP contribution in [0.3, 0.4) is 0 Å². The largest absolute Gasteiger partial charge is 0.484 e. The molecular formula is C84H50N4O5. The Morgan fingerprint density at radius 3 is 1.19 bits per heavy atom. The summed E-state index contributed by atoms with van der Waals surface area (Å²) in [5.41, 5.74) is 20.3. The van der Waals surface area contributed by atoms with E-state index in [0.717, 1.165) is 167 Å². The monoisotopic (exact) mass is 1190 g/mol. The van der Waals surface area contributed by atoms with Crippen molar-refractivity contribution in [3.05, 3.63) is 302 Å². The van der Waals surface area contributed by atoms with Gasteiger partial charge >= 0.3 is 0 Å². The number of para-hydroxylation sites is 6. The highest BCUT2D eigenvalue weighted by molar-refractivity contribution is 6.14. The summed E-state index contributed by atoms with van der Waals surface area (Å²) in [5.74, 6) is 1.54. The average molecular weight is 1200 g/mol. The molecule has 2 aliphatic rings. The second kappa shape index (κ2) is 19.0. The second-order valence-electron chi connectivity index (χ2n) is 24.6. The van der Waals surface area contributed by atoms with E-state index < -0.39 is 0 Å². The quantitative estimate of drug-likeness (QED) is 0.150. The first kappa shape index (κ1) is 50.4. The molecule has 93 heavy (non-hydrogen) atoms. The number of hydrogen-bond donors (Lipinski definition) is 0. The maximum atomic E-state index is 7.16. The molecule has 9 nitrogen and oxygen atoms in total. The predicted octanol–water partition coefficient (Wildman–Crippen LogP) is 23.2. The topological polar surface area (TPSA) is 78.1 Å². The zero-order valence-electron chi connectivity index (χ0n) is 49.7. The maximum absolute atomic E-state index is 7.16. The number of nitrogens with zero attached hydrogens (tertiary/aromatic N) is 4. The zero-order valence-corrected chi connectivity index (χ0v) is 49.7. The van der Waals surface area contributed by atoms with Gasteiger partial charge in [0.05, 0.1) is 33.4 Å². The van der Waals surface area contributed by atoms with Gasteiger partial charge in [0.1, 0.15) is 56.7 Å². The first-order chi connectivity index (χ1) is 46.1. The number of furan rings is 4. The highest BCUT2D eigenvalue weighted by Crippen LogP contribution is 2.55. The van der Waals surface area contributed by atoms with Crippen LogP contribution in [0.4, 0.5) is 34.1 Å². The van der Waals surface area contributed by atoms with Gasteiger partial charge in [-0.05, 0) is 140 Å². The molecule has 7 heterocycles. The summed E-state index contributed by atoms with van der Waals surface area (Å²) >= 11 is 0. The van der Waals surface area contributed by atoms with E-state index in [9.17, 15) is 0 Å². The molecule has 13 aromatic carbocycles. The normalized spacial score (nSPS) is 14.5. The fourth-order valence-electron chi connectivity index (χ4n) is 15.6. The molecule has 6 aromatic heterocycles. The van der Waals surface area contributed by atoms with Crippen LogP contribution in [-0.4, -0.2) is 15.2 Å². The van der Waals surface area contributed by atoms with Gasteiger partial charge in [0.25, 0.3) is 0 Å². The summed E-state index contributed by atoms with van der Waals surface area (Å²) in [7, 11) is 0. The van der Waals surface area contributed by atoms with Crippen molar-refractivity contribution in [3.63, 3.8) is 0 Å². The van der Waals surface area contributed by atoms with Crippen molar-refractivity contribution in [2.45, 2.75) is 12.0 Å². The summed E-state index contributed by atoms with van der Waals surface area (Å²) in [5, 5.41) is 12.2. The summed E-state index contributed by atoms with van der Waals surface area (Å²) < 4.78 is 38.9. The van der Waals surface area contributed by atoms with Gasteiger partial charge in [-0.3, -0.25) is 0 Å². The molecule has 0 amide bonds. The van der Waals surface area contributed by atoms with Crippen molar-refractivity contribution in [3.8, 4) is 17.1 Å². The highest BCUT2D eigenvalue weighted by Gasteiger charge is 2.42. The maximum Gasteiger partial charge on any atom is 0.139 e. The number of ether oxygens (including phenoxy) is 1. The van der Waals surface area contributed by atoms with Gasteiger partial charge < -0.3 is 41.3 Å². The molecule has 0 spiro atoms. The van der Waals surface area contributed by atoms with Gasteiger partial charge in [-0.2, -0.15) is 0 Å². The molecule has 0 saturated heterocycles. The first-order valence-electron chi connectivity index (χ1n) is 31.6. The van der Waals surface area contributed by atoms with Crippen LogP contribution in [0.5, 0.6) is 5.75 Å². The molecule has 0 N–H and O–H groups in total. The van der Waals surface area contributed by atoms with Crippen molar-refractivity contribution in [2.75, 3.05) is 9.80 Å². The lowest BCUT2D eigenvalue weighted by atomic mass is 9.83. The average Bonchev–Trinajstić information content (AvgIpc) is 1.57. The van der Waals surface area contributed by atoms with Crippen LogP contribution in [-0.2, 0) is 0 Å². The number of benzene rings is 13. The van der Waals surface area contributed by atoms with Crippen LogP contribution >= 0.6 is 0 Å². The van der Waals surface area contributed by atoms with Gasteiger partial charge in [-0.25, -0.2) is 0 Å². The number of rotatable bonds is 8. The van der Waals surface area contributed by atoms with Gasteiger partial charge in [-0.1, -0.05) is 127 Å². The molecule has 2 atom stereocenters. The smallest absolute Gasteiger partial charge is 0.139 e. The lowest BCUT2D eigenvalue weighted by molar-refractivity contribution is 0.269. The molecule has 21 rings (SSSR count). The molecule has 0 radical (unpaired) electrons. The number of aromatic nitrogens is 2. The summed E-state index contributed by atoms with van der Waals surface area (Å²) in [4.78, 5) is 4.61. The van der Waals surface area contributed by atoms with E-state index in [0.29, 0.717) is 0 Å². The third-order valence-corrected chi connectivity index (χ3v) is 19.6. The van der Waals surface area contributed by atoms with Crippen molar-refractivity contribution in [1.29, 1.82) is 0 Å². The van der Waals surface area contributed by atoms with Crippen LogP contribution in [0, 0.1) is 0 Å². The van der Waals surface area contributed by atoms with E-state index in [1.807, 2.05) is 24.3 Å². The van der Waals surface area contributed by atoms with E-state index >= 15 is 0 Å². The molecule has 0 fully saturated rings.